The van der Waals surface area contributed by atoms with Gasteiger partial charge in [-0.25, -0.2) is 0 Å². The van der Waals surface area contributed by atoms with Crippen molar-refractivity contribution in [2.24, 2.45) is 5.41 Å². The van der Waals surface area contributed by atoms with Crippen molar-refractivity contribution in [1.82, 2.24) is 9.80 Å². The lowest BCUT2D eigenvalue weighted by molar-refractivity contribution is -0.147. The average Bonchev–Trinajstić information content (AvgIpc) is 3.23. The average molecular weight is 356 g/mol. The largest absolute Gasteiger partial charge is 0.381 e. The van der Waals surface area contributed by atoms with Crippen molar-refractivity contribution in [3.05, 3.63) is 35.9 Å². The van der Waals surface area contributed by atoms with Crippen LogP contribution in [0.4, 0.5) is 0 Å². The maximum atomic E-state index is 13.5. The van der Waals surface area contributed by atoms with Gasteiger partial charge in [0, 0.05) is 43.8 Å². The SMILES string of the molecule is O=C(C1N(C(=O)c2ccccc2)CCCC12CCOCC2)N1CCCC1. The maximum absolute atomic E-state index is 13.5. The molecule has 0 saturated carbocycles. The van der Waals surface area contributed by atoms with Crippen molar-refractivity contribution in [3.63, 3.8) is 0 Å². The molecule has 140 valence electrons. The van der Waals surface area contributed by atoms with Crippen molar-refractivity contribution in [2.75, 3.05) is 32.8 Å². The summed E-state index contributed by atoms with van der Waals surface area (Å²) in [6.45, 7) is 3.71. The Hall–Kier alpha value is -1.88. The van der Waals surface area contributed by atoms with E-state index < -0.39 is 0 Å². The fraction of sp³-hybridized carbons (Fsp3) is 0.619. The van der Waals surface area contributed by atoms with E-state index in [1.165, 1.54) is 0 Å². The van der Waals surface area contributed by atoms with Gasteiger partial charge in [-0.3, -0.25) is 9.59 Å². The Labute approximate surface area is 155 Å². The van der Waals surface area contributed by atoms with Crippen LogP contribution in [0.5, 0.6) is 0 Å². The zero-order chi connectivity index (χ0) is 18.0. The summed E-state index contributed by atoms with van der Waals surface area (Å²) in [6, 6.07) is 9.05. The topological polar surface area (TPSA) is 49.9 Å². The summed E-state index contributed by atoms with van der Waals surface area (Å²) >= 11 is 0. The van der Waals surface area contributed by atoms with Gasteiger partial charge in [0.25, 0.3) is 5.91 Å². The highest BCUT2D eigenvalue weighted by molar-refractivity contribution is 5.98. The molecule has 0 N–H and O–H groups in total. The molecule has 1 unspecified atom stereocenters. The molecule has 1 aromatic rings. The van der Waals surface area contributed by atoms with Crippen molar-refractivity contribution >= 4 is 11.8 Å². The molecule has 26 heavy (non-hydrogen) atoms. The van der Waals surface area contributed by atoms with E-state index in [1.54, 1.807) is 0 Å². The Morgan fingerprint density at radius 3 is 2.31 bits per heavy atom. The first-order valence-electron chi connectivity index (χ1n) is 9.94. The number of piperidine rings is 1. The highest BCUT2D eigenvalue weighted by Crippen LogP contribution is 2.45. The summed E-state index contributed by atoms with van der Waals surface area (Å²) < 4.78 is 5.60. The zero-order valence-electron chi connectivity index (χ0n) is 15.4. The van der Waals surface area contributed by atoms with Gasteiger partial charge in [-0.15, -0.1) is 0 Å². The van der Waals surface area contributed by atoms with Gasteiger partial charge in [0.15, 0.2) is 0 Å². The number of carbonyl (C=O) groups excluding carboxylic acids is 2. The predicted molar refractivity (Wildman–Crippen MR) is 98.8 cm³/mol. The molecule has 3 fully saturated rings. The minimum absolute atomic E-state index is 0.00582. The number of nitrogens with zero attached hydrogens (tertiary/aromatic N) is 2. The van der Waals surface area contributed by atoms with Crippen molar-refractivity contribution in [1.29, 1.82) is 0 Å². The molecule has 0 aliphatic carbocycles. The zero-order valence-corrected chi connectivity index (χ0v) is 15.4. The lowest BCUT2D eigenvalue weighted by atomic mass is 9.67. The molecule has 5 heteroatoms. The van der Waals surface area contributed by atoms with Crippen LogP contribution in [0.3, 0.4) is 0 Å². The van der Waals surface area contributed by atoms with Crippen LogP contribution < -0.4 is 0 Å². The number of benzene rings is 1. The van der Waals surface area contributed by atoms with E-state index in [2.05, 4.69) is 0 Å². The molecular formula is C21H28N2O3. The number of hydrogen-bond acceptors (Lipinski definition) is 3. The van der Waals surface area contributed by atoms with Crippen LogP contribution in [0.15, 0.2) is 30.3 Å². The number of hydrogen-bond donors (Lipinski definition) is 0. The second-order valence-corrected chi connectivity index (χ2v) is 7.88. The molecule has 0 aromatic heterocycles. The van der Waals surface area contributed by atoms with Gasteiger partial charge in [0.05, 0.1) is 0 Å². The Bertz CT molecular complexity index is 643. The van der Waals surface area contributed by atoms with Gasteiger partial charge in [-0.05, 0) is 50.7 Å². The Kier molecular flexibility index (Phi) is 4.98. The summed E-state index contributed by atoms with van der Waals surface area (Å²) in [4.78, 5) is 30.7. The molecule has 3 aliphatic rings. The Balaban J connectivity index is 1.68. The number of carbonyl (C=O) groups is 2. The summed E-state index contributed by atoms with van der Waals surface area (Å²) in [7, 11) is 0. The van der Waals surface area contributed by atoms with E-state index in [-0.39, 0.29) is 23.3 Å². The van der Waals surface area contributed by atoms with Crippen molar-refractivity contribution in [2.45, 2.75) is 44.6 Å². The Morgan fingerprint density at radius 2 is 1.62 bits per heavy atom. The monoisotopic (exact) mass is 356 g/mol. The first-order valence-corrected chi connectivity index (χ1v) is 9.94. The smallest absolute Gasteiger partial charge is 0.254 e. The summed E-state index contributed by atoms with van der Waals surface area (Å²) in [5.41, 5.74) is 0.552. The van der Waals surface area contributed by atoms with Crippen molar-refractivity contribution < 1.29 is 14.3 Å². The van der Waals surface area contributed by atoms with Gasteiger partial charge in [-0.2, -0.15) is 0 Å². The van der Waals surface area contributed by atoms with E-state index in [1.807, 2.05) is 40.1 Å². The van der Waals surface area contributed by atoms with Gasteiger partial charge in [0.2, 0.25) is 5.91 Å². The first kappa shape index (κ1) is 17.5. The van der Waals surface area contributed by atoms with E-state index in [9.17, 15) is 9.59 Å². The first-order chi connectivity index (χ1) is 12.7. The number of rotatable bonds is 2. The highest BCUT2D eigenvalue weighted by atomic mass is 16.5. The minimum atomic E-state index is -0.342. The van der Waals surface area contributed by atoms with E-state index >= 15 is 0 Å². The fourth-order valence-corrected chi connectivity index (χ4v) is 4.97. The molecule has 3 heterocycles. The van der Waals surface area contributed by atoms with Crippen LogP contribution in [0.1, 0.15) is 48.9 Å². The van der Waals surface area contributed by atoms with Crippen LogP contribution in [-0.2, 0) is 9.53 Å². The number of likely N-dealkylation sites (tertiary alicyclic amines) is 2. The number of amides is 2. The van der Waals surface area contributed by atoms with Crippen LogP contribution in [0, 0.1) is 5.41 Å². The molecular weight excluding hydrogens is 328 g/mol. The lowest BCUT2D eigenvalue weighted by Crippen LogP contribution is -2.62. The summed E-state index contributed by atoms with van der Waals surface area (Å²) in [5.74, 6) is 0.155. The minimum Gasteiger partial charge on any atom is -0.381 e. The third kappa shape index (κ3) is 3.13. The van der Waals surface area contributed by atoms with Gasteiger partial charge < -0.3 is 14.5 Å². The second-order valence-electron chi connectivity index (χ2n) is 7.88. The third-order valence-electron chi connectivity index (χ3n) is 6.39. The Morgan fingerprint density at radius 1 is 0.923 bits per heavy atom. The standard InChI is InChI=1S/C21H28N2O3/c24-19(17-7-2-1-3-8-17)23-14-6-9-21(10-15-26-16-11-21)18(23)20(25)22-12-4-5-13-22/h1-3,7-8,18H,4-6,9-16H2. The molecule has 1 aromatic carbocycles. The maximum Gasteiger partial charge on any atom is 0.254 e. The molecule has 5 nitrogen and oxygen atoms in total. The van der Waals surface area contributed by atoms with Gasteiger partial charge in [0.1, 0.15) is 6.04 Å². The molecule has 3 aliphatic heterocycles. The molecule has 0 bridgehead atoms. The van der Waals surface area contributed by atoms with Crippen LogP contribution in [0.2, 0.25) is 0 Å². The predicted octanol–water partition coefficient (Wildman–Crippen LogP) is 2.71. The van der Waals surface area contributed by atoms with E-state index in [0.29, 0.717) is 25.3 Å². The summed E-state index contributed by atoms with van der Waals surface area (Å²) in [6.07, 6.45) is 5.86. The molecule has 0 radical (unpaired) electrons. The quantitative estimate of drug-likeness (QED) is 0.819. The third-order valence-corrected chi connectivity index (χ3v) is 6.39. The number of ether oxygens (including phenoxy) is 1. The molecule has 3 saturated heterocycles. The highest BCUT2D eigenvalue weighted by Gasteiger charge is 2.51. The van der Waals surface area contributed by atoms with Gasteiger partial charge >= 0.3 is 0 Å². The molecule has 2 amide bonds. The fourth-order valence-electron chi connectivity index (χ4n) is 4.97. The molecule has 4 rings (SSSR count). The van der Waals surface area contributed by atoms with Crippen LogP contribution >= 0.6 is 0 Å². The lowest BCUT2D eigenvalue weighted by Gasteiger charge is -2.51. The molecule has 1 atom stereocenters. The van der Waals surface area contributed by atoms with Gasteiger partial charge in [-0.1, -0.05) is 18.2 Å². The second kappa shape index (κ2) is 7.39. The van der Waals surface area contributed by atoms with E-state index in [4.69, 9.17) is 4.74 Å². The van der Waals surface area contributed by atoms with E-state index in [0.717, 1.165) is 51.6 Å². The van der Waals surface area contributed by atoms with Crippen LogP contribution in [0.25, 0.3) is 0 Å². The van der Waals surface area contributed by atoms with Crippen LogP contribution in [-0.4, -0.2) is 60.5 Å². The van der Waals surface area contributed by atoms with Crippen molar-refractivity contribution in [3.8, 4) is 0 Å². The summed E-state index contributed by atoms with van der Waals surface area (Å²) in [5, 5.41) is 0. The molecule has 1 spiro atoms. The normalized spacial score (nSPS) is 25.5.